The topological polar surface area (TPSA) is 81.2 Å². The number of anilines is 3. The Labute approximate surface area is 152 Å². The van der Waals surface area contributed by atoms with Crippen molar-refractivity contribution in [3.8, 4) is 11.5 Å². The lowest BCUT2D eigenvalue weighted by molar-refractivity contribution is 0.405. The van der Waals surface area contributed by atoms with Gasteiger partial charge in [-0.1, -0.05) is 6.07 Å². The van der Waals surface area contributed by atoms with Crippen molar-refractivity contribution in [2.75, 3.05) is 24.9 Å². The first-order chi connectivity index (χ1) is 12.7. The van der Waals surface area contributed by atoms with Gasteiger partial charge in [0.15, 0.2) is 0 Å². The Morgan fingerprint density at radius 1 is 0.962 bits per heavy atom. The first-order valence-corrected chi connectivity index (χ1v) is 8.16. The van der Waals surface area contributed by atoms with Crippen molar-refractivity contribution in [1.29, 1.82) is 0 Å². The van der Waals surface area contributed by atoms with Crippen LogP contribution in [0.25, 0.3) is 0 Å². The van der Waals surface area contributed by atoms with Crippen LogP contribution in [0.1, 0.15) is 11.5 Å². The number of rotatable bonds is 7. The molecule has 0 unspecified atom stereocenters. The van der Waals surface area contributed by atoms with Gasteiger partial charge < -0.3 is 20.1 Å². The molecule has 7 nitrogen and oxygen atoms in total. The molecule has 0 radical (unpaired) electrons. The van der Waals surface area contributed by atoms with E-state index in [0.717, 1.165) is 17.1 Å². The lowest BCUT2D eigenvalue weighted by atomic mass is 10.2. The van der Waals surface area contributed by atoms with E-state index in [1.54, 1.807) is 20.4 Å². The SMILES string of the molecule is COc1ccc(OC)c(Nc2cc(NCc3ccccn3)nc(C)n2)c1. The highest BCUT2D eigenvalue weighted by molar-refractivity contribution is 5.67. The van der Waals surface area contributed by atoms with Crippen molar-refractivity contribution in [2.24, 2.45) is 0 Å². The Balaban J connectivity index is 1.79. The predicted octanol–water partition coefficient (Wildman–Crippen LogP) is 3.55. The average Bonchev–Trinajstić information content (AvgIpc) is 2.66. The number of nitrogens with one attached hydrogen (secondary N) is 2. The number of pyridine rings is 1. The first-order valence-electron chi connectivity index (χ1n) is 8.16. The summed E-state index contributed by atoms with van der Waals surface area (Å²) >= 11 is 0. The fourth-order valence-electron chi connectivity index (χ4n) is 2.46. The molecule has 0 atom stereocenters. The van der Waals surface area contributed by atoms with Gasteiger partial charge in [-0.3, -0.25) is 4.98 Å². The maximum absolute atomic E-state index is 5.40. The Hall–Kier alpha value is -3.35. The van der Waals surface area contributed by atoms with E-state index in [2.05, 4.69) is 25.6 Å². The van der Waals surface area contributed by atoms with Crippen LogP contribution in [0.5, 0.6) is 11.5 Å². The molecule has 0 aliphatic rings. The average molecular weight is 351 g/mol. The lowest BCUT2D eigenvalue weighted by Gasteiger charge is -2.13. The van der Waals surface area contributed by atoms with E-state index in [-0.39, 0.29) is 0 Å². The third-order valence-corrected chi connectivity index (χ3v) is 3.68. The van der Waals surface area contributed by atoms with E-state index in [0.29, 0.717) is 29.8 Å². The fraction of sp³-hybridized carbons (Fsp3) is 0.211. The van der Waals surface area contributed by atoms with Gasteiger partial charge in [0.05, 0.1) is 32.1 Å². The second kappa shape index (κ2) is 8.15. The summed E-state index contributed by atoms with van der Waals surface area (Å²) in [6.07, 6.45) is 1.77. The summed E-state index contributed by atoms with van der Waals surface area (Å²) in [5.41, 5.74) is 1.70. The summed E-state index contributed by atoms with van der Waals surface area (Å²) in [6.45, 7) is 2.43. The van der Waals surface area contributed by atoms with E-state index in [9.17, 15) is 0 Å². The van der Waals surface area contributed by atoms with Gasteiger partial charge in [-0.05, 0) is 31.2 Å². The highest BCUT2D eigenvalue weighted by Crippen LogP contribution is 2.31. The van der Waals surface area contributed by atoms with Gasteiger partial charge in [-0.2, -0.15) is 0 Å². The molecule has 0 aliphatic heterocycles. The molecule has 0 aliphatic carbocycles. The molecule has 2 aromatic heterocycles. The van der Waals surface area contributed by atoms with Crippen LogP contribution in [0.2, 0.25) is 0 Å². The minimum Gasteiger partial charge on any atom is -0.497 e. The van der Waals surface area contributed by atoms with Crippen molar-refractivity contribution in [3.05, 3.63) is 60.2 Å². The second-order valence-electron chi connectivity index (χ2n) is 5.55. The quantitative estimate of drug-likeness (QED) is 0.673. The van der Waals surface area contributed by atoms with Crippen LogP contribution in [-0.4, -0.2) is 29.2 Å². The Kier molecular flexibility index (Phi) is 5.48. The van der Waals surface area contributed by atoms with E-state index < -0.39 is 0 Å². The lowest BCUT2D eigenvalue weighted by Crippen LogP contribution is -2.06. The zero-order valence-corrected chi connectivity index (χ0v) is 15.0. The smallest absolute Gasteiger partial charge is 0.142 e. The van der Waals surface area contributed by atoms with E-state index in [1.165, 1.54) is 0 Å². The van der Waals surface area contributed by atoms with E-state index in [4.69, 9.17) is 9.47 Å². The van der Waals surface area contributed by atoms with E-state index in [1.807, 2.05) is 49.4 Å². The molecular formula is C19H21N5O2. The summed E-state index contributed by atoms with van der Waals surface area (Å²) in [5, 5.41) is 6.54. The number of aryl methyl sites for hydroxylation is 1. The summed E-state index contributed by atoms with van der Waals surface area (Å²) in [6, 6.07) is 13.2. The monoisotopic (exact) mass is 351 g/mol. The summed E-state index contributed by atoms with van der Waals surface area (Å²) in [4.78, 5) is 13.2. The van der Waals surface area contributed by atoms with Crippen LogP contribution in [0.4, 0.5) is 17.3 Å². The predicted molar refractivity (Wildman–Crippen MR) is 101 cm³/mol. The molecule has 2 N–H and O–H groups in total. The highest BCUT2D eigenvalue weighted by atomic mass is 16.5. The molecule has 3 rings (SSSR count). The number of aromatic nitrogens is 3. The minimum atomic E-state index is 0.583. The zero-order chi connectivity index (χ0) is 18.4. The van der Waals surface area contributed by atoms with Crippen LogP contribution in [0.3, 0.4) is 0 Å². The standard InChI is InChI=1S/C19H21N5O2/c1-13-22-18(21-12-14-6-4-5-9-20-14)11-19(23-13)24-16-10-15(25-2)7-8-17(16)26-3/h4-11H,12H2,1-3H3,(H2,21,22,23,24). The van der Waals surface area contributed by atoms with Crippen molar-refractivity contribution in [1.82, 2.24) is 15.0 Å². The molecule has 3 aromatic rings. The third kappa shape index (κ3) is 4.38. The third-order valence-electron chi connectivity index (χ3n) is 3.68. The van der Waals surface area contributed by atoms with Crippen molar-refractivity contribution in [2.45, 2.75) is 13.5 Å². The van der Waals surface area contributed by atoms with Crippen LogP contribution >= 0.6 is 0 Å². The van der Waals surface area contributed by atoms with Crippen molar-refractivity contribution in [3.63, 3.8) is 0 Å². The highest BCUT2D eigenvalue weighted by Gasteiger charge is 2.08. The molecule has 26 heavy (non-hydrogen) atoms. The maximum Gasteiger partial charge on any atom is 0.142 e. The first kappa shape index (κ1) is 17.5. The van der Waals surface area contributed by atoms with Gasteiger partial charge in [0.25, 0.3) is 0 Å². The molecule has 0 spiro atoms. The molecule has 7 heteroatoms. The molecule has 1 aromatic carbocycles. The van der Waals surface area contributed by atoms with Crippen LogP contribution < -0.4 is 20.1 Å². The van der Waals surface area contributed by atoms with Crippen molar-refractivity contribution < 1.29 is 9.47 Å². The molecule has 0 bridgehead atoms. The Morgan fingerprint density at radius 3 is 2.54 bits per heavy atom. The molecule has 2 heterocycles. The Morgan fingerprint density at radius 2 is 1.81 bits per heavy atom. The number of nitrogens with zero attached hydrogens (tertiary/aromatic N) is 3. The molecule has 0 fully saturated rings. The van der Waals surface area contributed by atoms with Crippen LogP contribution in [0, 0.1) is 6.92 Å². The summed E-state index contributed by atoms with van der Waals surface area (Å²) < 4.78 is 10.7. The largest absolute Gasteiger partial charge is 0.497 e. The molecule has 0 saturated carbocycles. The minimum absolute atomic E-state index is 0.583. The zero-order valence-electron chi connectivity index (χ0n) is 15.0. The molecule has 0 amide bonds. The molecular weight excluding hydrogens is 330 g/mol. The number of hydrogen-bond acceptors (Lipinski definition) is 7. The second-order valence-corrected chi connectivity index (χ2v) is 5.55. The molecule has 134 valence electrons. The number of benzene rings is 1. The van der Waals surface area contributed by atoms with Gasteiger partial charge in [0, 0.05) is 18.3 Å². The van der Waals surface area contributed by atoms with Gasteiger partial charge in [-0.15, -0.1) is 0 Å². The Bertz CT molecular complexity index is 871. The van der Waals surface area contributed by atoms with Gasteiger partial charge >= 0.3 is 0 Å². The number of methoxy groups -OCH3 is 2. The fourth-order valence-corrected chi connectivity index (χ4v) is 2.46. The van der Waals surface area contributed by atoms with Gasteiger partial charge in [0.2, 0.25) is 0 Å². The molecule has 0 saturated heterocycles. The van der Waals surface area contributed by atoms with Crippen LogP contribution in [-0.2, 0) is 6.54 Å². The van der Waals surface area contributed by atoms with Crippen LogP contribution in [0.15, 0.2) is 48.7 Å². The van der Waals surface area contributed by atoms with Gasteiger partial charge in [-0.25, -0.2) is 9.97 Å². The summed E-state index contributed by atoms with van der Waals surface area (Å²) in [7, 11) is 3.25. The number of ether oxygens (including phenoxy) is 2. The maximum atomic E-state index is 5.40. The number of hydrogen-bond donors (Lipinski definition) is 2. The normalized spacial score (nSPS) is 10.3. The summed E-state index contributed by atoms with van der Waals surface area (Å²) in [5.74, 6) is 3.46. The van der Waals surface area contributed by atoms with Gasteiger partial charge in [0.1, 0.15) is 29.0 Å². The van der Waals surface area contributed by atoms with E-state index >= 15 is 0 Å². The van der Waals surface area contributed by atoms with Crippen molar-refractivity contribution >= 4 is 17.3 Å².